The molecule has 2 aromatic heterocycles. The van der Waals surface area contributed by atoms with Crippen LogP contribution in [-0.4, -0.2) is 56.6 Å². The third kappa shape index (κ3) is 3.25. The van der Waals surface area contributed by atoms with Gasteiger partial charge in [0.2, 0.25) is 0 Å². The molecule has 7 nitrogen and oxygen atoms in total. The van der Waals surface area contributed by atoms with Crippen LogP contribution in [0, 0.1) is 13.8 Å². The van der Waals surface area contributed by atoms with Crippen LogP contribution in [0.1, 0.15) is 34.4 Å². The molecule has 1 aromatic carbocycles. The first-order valence-electron chi connectivity index (χ1n) is 9.39. The van der Waals surface area contributed by atoms with Gasteiger partial charge >= 0.3 is 0 Å². The fourth-order valence-corrected chi connectivity index (χ4v) is 3.62. The summed E-state index contributed by atoms with van der Waals surface area (Å²) in [5.41, 5.74) is 2.94. The van der Waals surface area contributed by atoms with Crippen LogP contribution < -0.4 is 4.90 Å². The Hall–Kier alpha value is -2.96. The molecule has 140 valence electrons. The van der Waals surface area contributed by atoms with E-state index in [1.807, 2.05) is 40.5 Å². The van der Waals surface area contributed by atoms with Crippen molar-refractivity contribution in [2.45, 2.75) is 27.2 Å². The van der Waals surface area contributed by atoms with Crippen molar-refractivity contribution in [2.24, 2.45) is 0 Å². The van der Waals surface area contributed by atoms with Gasteiger partial charge in [-0.3, -0.25) is 9.20 Å². The lowest BCUT2D eigenvalue weighted by molar-refractivity contribution is 0.0746. The van der Waals surface area contributed by atoms with E-state index < -0.39 is 0 Å². The molecular weight excluding hydrogens is 340 g/mol. The molecule has 0 atom stereocenters. The van der Waals surface area contributed by atoms with Crippen LogP contribution in [0.3, 0.4) is 0 Å². The largest absolute Gasteiger partial charge is 0.353 e. The number of hydrogen-bond acceptors (Lipinski definition) is 5. The molecule has 0 radical (unpaired) electrons. The van der Waals surface area contributed by atoms with Crippen LogP contribution in [0.4, 0.5) is 5.82 Å². The Kier molecular flexibility index (Phi) is 4.51. The standard InChI is InChI=1S/C20H24N6O/c1-4-17-22-23-20-21-18(13-15(3)26(17)20)24-8-10-25(11-9-24)19(27)16-7-5-6-14(2)12-16/h5-7,12-13H,4,8-11H2,1-3H3. The van der Waals surface area contributed by atoms with Crippen LogP contribution in [-0.2, 0) is 6.42 Å². The fraction of sp³-hybridized carbons (Fsp3) is 0.400. The maximum atomic E-state index is 12.7. The Balaban J connectivity index is 1.49. The van der Waals surface area contributed by atoms with E-state index in [-0.39, 0.29) is 5.91 Å². The van der Waals surface area contributed by atoms with Crippen molar-refractivity contribution in [1.82, 2.24) is 24.5 Å². The van der Waals surface area contributed by atoms with Gasteiger partial charge < -0.3 is 9.80 Å². The summed E-state index contributed by atoms with van der Waals surface area (Å²) < 4.78 is 2.00. The van der Waals surface area contributed by atoms with Crippen LogP contribution in [0.2, 0.25) is 0 Å². The van der Waals surface area contributed by atoms with E-state index in [1.54, 1.807) is 0 Å². The van der Waals surface area contributed by atoms with Crippen LogP contribution in [0.5, 0.6) is 0 Å². The molecule has 0 bridgehead atoms. The zero-order chi connectivity index (χ0) is 19.0. The third-order valence-electron chi connectivity index (χ3n) is 5.09. The van der Waals surface area contributed by atoms with Crippen LogP contribution >= 0.6 is 0 Å². The van der Waals surface area contributed by atoms with Crippen molar-refractivity contribution in [3.8, 4) is 0 Å². The molecule has 0 N–H and O–H groups in total. The highest BCUT2D eigenvalue weighted by atomic mass is 16.2. The molecule has 0 spiro atoms. The van der Waals surface area contributed by atoms with Gasteiger partial charge in [0.05, 0.1) is 0 Å². The minimum Gasteiger partial charge on any atom is -0.353 e. The van der Waals surface area contributed by atoms with Gasteiger partial charge in [-0.15, -0.1) is 10.2 Å². The maximum Gasteiger partial charge on any atom is 0.257 e. The number of nitrogens with zero attached hydrogens (tertiary/aromatic N) is 6. The minimum absolute atomic E-state index is 0.1000. The molecule has 3 aromatic rings. The highest BCUT2D eigenvalue weighted by Gasteiger charge is 2.23. The van der Waals surface area contributed by atoms with E-state index in [9.17, 15) is 4.79 Å². The Labute approximate surface area is 158 Å². The summed E-state index contributed by atoms with van der Waals surface area (Å²) in [7, 11) is 0. The average molecular weight is 364 g/mol. The highest BCUT2D eigenvalue weighted by molar-refractivity contribution is 5.94. The molecule has 1 saturated heterocycles. The van der Waals surface area contributed by atoms with Crippen molar-refractivity contribution in [2.75, 3.05) is 31.1 Å². The number of hydrogen-bond donors (Lipinski definition) is 0. The van der Waals surface area contributed by atoms with Gasteiger partial charge in [-0.05, 0) is 26.0 Å². The smallest absolute Gasteiger partial charge is 0.257 e. The van der Waals surface area contributed by atoms with Gasteiger partial charge in [-0.2, -0.15) is 4.98 Å². The quantitative estimate of drug-likeness (QED) is 0.713. The van der Waals surface area contributed by atoms with Crippen molar-refractivity contribution in [3.05, 3.63) is 53.0 Å². The molecule has 1 aliphatic heterocycles. The summed E-state index contributed by atoms with van der Waals surface area (Å²) in [6.45, 7) is 9.01. The van der Waals surface area contributed by atoms with Crippen molar-refractivity contribution in [3.63, 3.8) is 0 Å². The molecule has 27 heavy (non-hydrogen) atoms. The van der Waals surface area contributed by atoms with E-state index in [0.29, 0.717) is 18.9 Å². The Morgan fingerprint density at radius 2 is 1.85 bits per heavy atom. The Morgan fingerprint density at radius 1 is 1.07 bits per heavy atom. The van der Waals surface area contributed by atoms with Crippen LogP contribution in [0.25, 0.3) is 5.78 Å². The molecule has 0 unspecified atom stereocenters. The van der Waals surface area contributed by atoms with Gasteiger partial charge in [-0.1, -0.05) is 24.6 Å². The second kappa shape index (κ2) is 6.98. The number of rotatable bonds is 3. The average Bonchev–Trinajstić information content (AvgIpc) is 3.11. The van der Waals surface area contributed by atoms with Gasteiger partial charge in [0, 0.05) is 49.9 Å². The zero-order valence-corrected chi connectivity index (χ0v) is 16.0. The van der Waals surface area contributed by atoms with Crippen molar-refractivity contribution in [1.29, 1.82) is 0 Å². The number of anilines is 1. The molecule has 0 aliphatic carbocycles. The van der Waals surface area contributed by atoms with E-state index in [0.717, 1.165) is 48.0 Å². The Bertz CT molecular complexity index is 987. The number of aryl methyl sites for hydroxylation is 3. The summed E-state index contributed by atoms with van der Waals surface area (Å²) in [4.78, 5) is 21.5. The normalized spacial score (nSPS) is 14.8. The number of carbonyl (C=O) groups is 1. The topological polar surface area (TPSA) is 66.6 Å². The highest BCUT2D eigenvalue weighted by Crippen LogP contribution is 2.19. The number of amides is 1. The molecule has 4 rings (SSSR count). The van der Waals surface area contributed by atoms with Crippen LogP contribution in [0.15, 0.2) is 30.3 Å². The lowest BCUT2D eigenvalue weighted by Crippen LogP contribution is -2.49. The lowest BCUT2D eigenvalue weighted by atomic mass is 10.1. The number of piperazine rings is 1. The summed E-state index contributed by atoms with van der Waals surface area (Å²) in [5, 5.41) is 8.42. The van der Waals surface area contributed by atoms with Gasteiger partial charge in [0.15, 0.2) is 0 Å². The number of benzene rings is 1. The lowest BCUT2D eigenvalue weighted by Gasteiger charge is -2.35. The Morgan fingerprint density at radius 3 is 2.56 bits per heavy atom. The minimum atomic E-state index is 0.1000. The molecule has 0 saturated carbocycles. The second-order valence-corrected chi connectivity index (χ2v) is 7.01. The molecule has 3 heterocycles. The molecule has 1 aliphatic rings. The first-order chi connectivity index (χ1) is 13.1. The monoisotopic (exact) mass is 364 g/mol. The van der Waals surface area contributed by atoms with Gasteiger partial charge in [-0.25, -0.2) is 0 Å². The van der Waals surface area contributed by atoms with E-state index >= 15 is 0 Å². The second-order valence-electron chi connectivity index (χ2n) is 7.01. The first kappa shape index (κ1) is 17.5. The van der Waals surface area contributed by atoms with E-state index in [2.05, 4.69) is 40.0 Å². The van der Waals surface area contributed by atoms with Crippen molar-refractivity contribution < 1.29 is 4.79 Å². The maximum absolute atomic E-state index is 12.7. The molecule has 7 heteroatoms. The number of carbonyl (C=O) groups excluding carboxylic acids is 1. The third-order valence-corrected chi connectivity index (χ3v) is 5.09. The first-order valence-corrected chi connectivity index (χ1v) is 9.39. The SMILES string of the molecule is CCc1nnc2nc(N3CCN(C(=O)c4cccc(C)c4)CC3)cc(C)n12. The fourth-order valence-electron chi connectivity index (χ4n) is 3.62. The number of aromatic nitrogens is 4. The van der Waals surface area contributed by atoms with E-state index in [4.69, 9.17) is 0 Å². The molecule has 1 fully saturated rings. The summed E-state index contributed by atoms with van der Waals surface area (Å²) >= 11 is 0. The number of fused-ring (bicyclic) bond motifs is 1. The molecular formula is C20H24N6O. The van der Waals surface area contributed by atoms with Gasteiger partial charge in [0.25, 0.3) is 11.7 Å². The van der Waals surface area contributed by atoms with Crippen molar-refractivity contribution >= 4 is 17.5 Å². The summed E-state index contributed by atoms with van der Waals surface area (Å²) in [6, 6.07) is 9.85. The van der Waals surface area contributed by atoms with E-state index in [1.165, 1.54) is 0 Å². The summed E-state index contributed by atoms with van der Waals surface area (Å²) in [5.74, 6) is 2.57. The summed E-state index contributed by atoms with van der Waals surface area (Å²) in [6.07, 6.45) is 0.822. The zero-order valence-electron chi connectivity index (χ0n) is 16.0. The molecule has 1 amide bonds. The predicted octanol–water partition coefficient (Wildman–Crippen LogP) is 2.27. The van der Waals surface area contributed by atoms with Gasteiger partial charge in [0.1, 0.15) is 11.6 Å². The predicted molar refractivity (Wildman–Crippen MR) is 104 cm³/mol.